The second-order valence-electron chi connectivity index (χ2n) is 10.9. The second kappa shape index (κ2) is 14.1. The van der Waals surface area contributed by atoms with Crippen molar-refractivity contribution >= 4 is 17.7 Å². The monoisotopic (exact) mass is 652 g/mol. The predicted octanol–water partition coefficient (Wildman–Crippen LogP) is 4.36. The molecule has 0 bridgehead atoms. The van der Waals surface area contributed by atoms with Gasteiger partial charge in [0.1, 0.15) is 17.4 Å². The Morgan fingerprint density at radius 3 is 2.32 bits per heavy atom. The molecule has 2 fully saturated rings. The van der Waals surface area contributed by atoms with Gasteiger partial charge in [0.25, 0.3) is 5.91 Å². The molecule has 4 heterocycles. The molecule has 0 radical (unpaired) electrons. The summed E-state index contributed by atoms with van der Waals surface area (Å²) in [4.78, 5) is 40.5. The number of alkyl halides is 3. The number of carbonyl (C=O) groups excluding carboxylic acids is 1. The number of benzene rings is 1. The van der Waals surface area contributed by atoms with Crippen molar-refractivity contribution < 1.29 is 36.9 Å². The van der Waals surface area contributed by atoms with Crippen LogP contribution in [-0.4, -0.2) is 80.9 Å². The highest BCUT2D eigenvalue weighted by atomic mass is 19.4. The number of anilines is 2. The molecule has 6 rings (SSSR count). The molecule has 246 valence electrons. The first-order chi connectivity index (χ1) is 22.8. The average molecular weight is 653 g/mol. The molecular formula is C31H31F3N8O5. The predicted molar refractivity (Wildman–Crippen MR) is 161 cm³/mol. The van der Waals surface area contributed by atoms with E-state index in [2.05, 4.69) is 35.2 Å². The van der Waals surface area contributed by atoms with Crippen molar-refractivity contribution in [2.24, 2.45) is 0 Å². The summed E-state index contributed by atoms with van der Waals surface area (Å²) < 4.78 is 61.9. The number of ether oxygens (including phenoxy) is 4. The first-order valence-corrected chi connectivity index (χ1v) is 14.9. The van der Waals surface area contributed by atoms with Gasteiger partial charge in [-0.25, -0.2) is 19.9 Å². The Morgan fingerprint density at radius 2 is 1.70 bits per heavy atom. The minimum atomic E-state index is -4.67. The Hall–Kier alpha value is -5.12. The van der Waals surface area contributed by atoms with Gasteiger partial charge in [-0.1, -0.05) is 18.2 Å². The van der Waals surface area contributed by atoms with E-state index in [1.54, 1.807) is 35.6 Å². The molecule has 16 heteroatoms. The lowest BCUT2D eigenvalue weighted by atomic mass is 9.90. The van der Waals surface area contributed by atoms with Crippen LogP contribution in [0.4, 0.5) is 24.9 Å². The highest BCUT2D eigenvalue weighted by Gasteiger charge is 2.38. The molecule has 3 aromatic heterocycles. The zero-order valence-corrected chi connectivity index (χ0v) is 25.3. The molecule has 0 atom stereocenters. The van der Waals surface area contributed by atoms with Crippen LogP contribution in [0.15, 0.2) is 61.3 Å². The van der Waals surface area contributed by atoms with E-state index in [-0.39, 0.29) is 49.8 Å². The van der Waals surface area contributed by atoms with Crippen LogP contribution in [-0.2, 0) is 15.7 Å². The summed E-state index contributed by atoms with van der Waals surface area (Å²) in [7, 11) is 1.47. The number of hydrogen-bond acceptors (Lipinski definition) is 12. The number of aromatic nitrogens is 6. The lowest BCUT2D eigenvalue weighted by molar-refractivity contribution is -0.142. The Kier molecular flexibility index (Phi) is 9.56. The van der Waals surface area contributed by atoms with Crippen LogP contribution in [0.3, 0.4) is 0 Å². The number of carbonyl (C=O) groups is 1. The summed E-state index contributed by atoms with van der Waals surface area (Å²) in [6, 6.07) is 8.84. The van der Waals surface area contributed by atoms with E-state index < -0.39 is 23.7 Å². The fraction of sp³-hybridized carbons (Fsp3) is 0.387. The molecule has 4 aromatic rings. The van der Waals surface area contributed by atoms with Crippen LogP contribution in [0.1, 0.15) is 31.2 Å². The summed E-state index contributed by atoms with van der Waals surface area (Å²) in [5.41, 5.74) is 0.0981. The number of halogens is 3. The van der Waals surface area contributed by atoms with Gasteiger partial charge in [0, 0.05) is 36.2 Å². The van der Waals surface area contributed by atoms with Crippen LogP contribution >= 0.6 is 0 Å². The van der Waals surface area contributed by atoms with Gasteiger partial charge >= 0.3 is 12.2 Å². The van der Waals surface area contributed by atoms with Crippen molar-refractivity contribution in [2.45, 2.75) is 50.0 Å². The Labute approximate surface area is 267 Å². The Balaban J connectivity index is 1.15. The fourth-order valence-corrected chi connectivity index (χ4v) is 5.22. The van der Waals surface area contributed by atoms with Crippen LogP contribution in [0.5, 0.6) is 17.6 Å². The molecule has 47 heavy (non-hydrogen) atoms. The zero-order valence-electron chi connectivity index (χ0n) is 25.3. The molecule has 2 aliphatic rings. The molecule has 1 aliphatic carbocycles. The fourth-order valence-electron chi connectivity index (χ4n) is 5.22. The average Bonchev–Trinajstić information content (AvgIpc) is 3.07. The lowest BCUT2D eigenvalue weighted by Gasteiger charge is -2.36. The third-order valence-electron chi connectivity index (χ3n) is 7.71. The minimum absolute atomic E-state index is 0.0323. The topological polar surface area (TPSA) is 147 Å². The van der Waals surface area contributed by atoms with E-state index in [1.165, 1.54) is 13.3 Å². The number of methoxy groups -OCH3 is 1. The summed E-state index contributed by atoms with van der Waals surface area (Å²) in [6.07, 6.45) is 4.06. The van der Waals surface area contributed by atoms with E-state index in [4.69, 9.17) is 18.9 Å². The zero-order chi connectivity index (χ0) is 32.8. The van der Waals surface area contributed by atoms with Crippen molar-refractivity contribution in [1.82, 2.24) is 29.9 Å². The van der Waals surface area contributed by atoms with E-state index in [9.17, 15) is 18.0 Å². The van der Waals surface area contributed by atoms with Gasteiger partial charge in [-0.15, -0.1) is 0 Å². The molecule has 0 spiro atoms. The maximum absolute atomic E-state index is 13.6. The van der Waals surface area contributed by atoms with Crippen LogP contribution in [0.25, 0.3) is 11.3 Å². The Bertz CT molecular complexity index is 1640. The van der Waals surface area contributed by atoms with Crippen molar-refractivity contribution in [3.05, 3.63) is 66.9 Å². The summed E-state index contributed by atoms with van der Waals surface area (Å²) in [6.45, 7) is 0.178. The van der Waals surface area contributed by atoms with Gasteiger partial charge in [-0.2, -0.15) is 18.2 Å². The normalized spacial score (nSPS) is 18.1. The van der Waals surface area contributed by atoms with E-state index >= 15 is 0 Å². The Morgan fingerprint density at radius 1 is 0.957 bits per heavy atom. The second-order valence-corrected chi connectivity index (χ2v) is 10.9. The van der Waals surface area contributed by atoms with E-state index in [0.29, 0.717) is 48.5 Å². The van der Waals surface area contributed by atoms with Gasteiger partial charge in [0.15, 0.2) is 12.4 Å². The van der Waals surface area contributed by atoms with Crippen molar-refractivity contribution in [1.29, 1.82) is 0 Å². The van der Waals surface area contributed by atoms with Gasteiger partial charge < -0.3 is 24.3 Å². The van der Waals surface area contributed by atoms with Gasteiger partial charge in [0.05, 0.1) is 38.4 Å². The number of para-hydroxylation sites is 1. The molecule has 1 N–H and O–H groups in total. The van der Waals surface area contributed by atoms with Gasteiger partial charge in [-0.3, -0.25) is 14.7 Å². The van der Waals surface area contributed by atoms with Gasteiger partial charge in [0.2, 0.25) is 11.8 Å². The number of rotatable bonds is 11. The third kappa shape index (κ3) is 7.82. The molecule has 1 amide bonds. The number of nitrogens with zero attached hydrogens (tertiary/aromatic N) is 7. The third-order valence-corrected chi connectivity index (χ3v) is 7.71. The first-order valence-electron chi connectivity index (χ1n) is 14.9. The lowest BCUT2D eigenvalue weighted by Crippen LogP contribution is -2.46. The van der Waals surface area contributed by atoms with Crippen molar-refractivity contribution in [3.8, 4) is 28.9 Å². The van der Waals surface area contributed by atoms with Crippen LogP contribution < -0.4 is 24.4 Å². The maximum atomic E-state index is 13.6. The molecule has 13 nitrogen and oxygen atoms in total. The van der Waals surface area contributed by atoms with E-state index in [1.807, 2.05) is 18.2 Å². The summed E-state index contributed by atoms with van der Waals surface area (Å²) in [5, 5.41) is 3.14. The highest BCUT2D eigenvalue weighted by molar-refractivity contribution is 5.94. The molecule has 1 aromatic carbocycles. The highest BCUT2D eigenvalue weighted by Crippen LogP contribution is 2.36. The van der Waals surface area contributed by atoms with E-state index in [0.717, 1.165) is 6.20 Å². The number of nitrogens with one attached hydrogen (secondary N) is 1. The molecular weight excluding hydrogens is 621 g/mol. The standard InChI is InChI=1S/C31H31F3N8O5/c1-44-30-38-11-19(12-39-30)25-14-36-26(15-35-25)42(27(43)18-46-22-5-3-2-4-6-22)21-9-7-20(8-10-21)40-29-37-13-24(31(32,33)34)28(41-29)47-23-16-45-17-23/h2-6,11-15,20-21,23H,7-10,16-18H2,1H3,(H,37,40,41)/t20-,21-. The number of hydrogen-bond donors (Lipinski definition) is 1. The minimum Gasteiger partial charge on any atom is -0.484 e. The van der Waals surface area contributed by atoms with Crippen molar-refractivity contribution in [2.75, 3.05) is 37.1 Å². The SMILES string of the molecule is COc1ncc(-c2cnc(N(C(=O)COc3ccccc3)[C@H]3CC[C@H](Nc4ncc(C(F)(F)F)c(OC5COC5)n4)CC3)cn2)cn1. The number of amides is 1. The van der Waals surface area contributed by atoms with Gasteiger partial charge in [-0.05, 0) is 37.8 Å². The quantitative estimate of drug-likeness (QED) is 0.246. The molecule has 1 saturated carbocycles. The maximum Gasteiger partial charge on any atom is 0.423 e. The van der Waals surface area contributed by atoms with Crippen molar-refractivity contribution in [3.63, 3.8) is 0 Å². The van der Waals surface area contributed by atoms with Crippen LogP contribution in [0, 0.1) is 0 Å². The molecule has 1 saturated heterocycles. The first kappa shape index (κ1) is 31.8. The largest absolute Gasteiger partial charge is 0.484 e. The summed E-state index contributed by atoms with van der Waals surface area (Å²) in [5.74, 6) is 0.113. The summed E-state index contributed by atoms with van der Waals surface area (Å²) >= 11 is 0. The smallest absolute Gasteiger partial charge is 0.423 e. The molecule has 1 aliphatic heterocycles. The molecule has 0 unspecified atom stereocenters. The van der Waals surface area contributed by atoms with Crippen LogP contribution in [0.2, 0.25) is 0 Å².